The lowest BCUT2D eigenvalue weighted by molar-refractivity contribution is -0.167. The fourth-order valence-corrected chi connectivity index (χ4v) is 9.76. The van der Waals surface area contributed by atoms with Gasteiger partial charge in [-0.1, -0.05) is 292 Å². The topological polar surface area (TPSA) is 78.9 Å². The number of unbranched alkanes of at least 4 members (excludes halogenated alkanes) is 37. The Labute approximate surface area is 490 Å². The normalized spacial score (nSPS) is 12.6. The molecule has 0 radical (unpaired) electrons. The van der Waals surface area contributed by atoms with E-state index in [1.54, 1.807) is 0 Å². The van der Waals surface area contributed by atoms with E-state index in [1.165, 1.54) is 199 Å². The maximum Gasteiger partial charge on any atom is 0.306 e. The van der Waals surface area contributed by atoms with Gasteiger partial charge in [-0.3, -0.25) is 14.4 Å². The first-order chi connectivity index (χ1) is 39.0. The van der Waals surface area contributed by atoms with E-state index in [2.05, 4.69) is 106 Å². The number of rotatable bonds is 62. The molecule has 0 heterocycles. The van der Waals surface area contributed by atoms with Crippen LogP contribution in [0.2, 0.25) is 0 Å². The van der Waals surface area contributed by atoms with Gasteiger partial charge in [-0.05, 0) is 116 Å². The van der Waals surface area contributed by atoms with Crippen LogP contribution in [0.15, 0.2) is 85.1 Å². The molecule has 0 amide bonds. The summed E-state index contributed by atoms with van der Waals surface area (Å²) in [6, 6.07) is 0. The minimum absolute atomic E-state index is 0.0849. The summed E-state index contributed by atoms with van der Waals surface area (Å²) in [5.74, 6) is -0.898. The lowest BCUT2D eigenvalue weighted by Crippen LogP contribution is -2.30. The van der Waals surface area contributed by atoms with E-state index in [9.17, 15) is 14.4 Å². The van der Waals surface area contributed by atoms with Crippen LogP contribution < -0.4 is 0 Å². The highest BCUT2D eigenvalue weighted by Gasteiger charge is 2.19. The van der Waals surface area contributed by atoms with Crippen LogP contribution in [0.5, 0.6) is 0 Å². The summed E-state index contributed by atoms with van der Waals surface area (Å²) in [4.78, 5) is 38.4. The number of carbonyl (C=O) groups is 3. The Balaban J connectivity index is 4.38. The van der Waals surface area contributed by atoms with Crippen LogP contribution in [-0.2, 0) is 28.6 Å². The molecule has 79 heavy (non-hydrogen) atoms. The van der Waals surface area contributed by atoms with Crippen molar-refractivity contribution in [2.75, 3.05) is 13.2 Å². The van der Waals surface area contributed by atoms with Crippen molar-refractivity contribution in [2.45, 2.75) is 348 Å². The summed E-state index contributed by atoms with van der Waals surface area (Å²) in [6.45, 7) is 6.54. The van der Waals surface area contributed by atoms with E-state index < -0.39 is 6.10 Å². The molecule has 0 saturated carbocycles. The fourth-order valence-electron chi connectivity index (χ4n) is 9.76. The zero-order valence-corrected chi connectivity index (χ0v) is 52.4. The number of ether oxygens (including phenoxy) is 3. The van der Waals surface area contributed by atoms with Crippen LogP contribution in [0.3, 0.4) is 0 Å². The van der Waals surface area contributed by atoms with Crippen molar-refractivity contribution in [3.05, 3.63) is 85.1 Å². The van der Waals surface area contributed by atoms with E-state index in [0.29, 0.717) is 19.3 Å². The predicted molar refractivity (Wildman–Crippen MR) is 344 cm³/mol. The van der Waals surface area contributed by atoms with Gasteiger partial charge in [0.1, 0.15) is 13.2 Å². The van der Waals surface area contributed by atoms with Crippen molar-refractivity contribution < 1.29 is 28.6 Å². The zero-order chi connectivity index (χ0) is 57.1. The van der Waals surface area contributed by atoms with E-state index in [0.717, 1.165) is 103 Å². The van der Waals surface area contributed by atoms with Gasteiger partial charge in [0.2, 0.25) is 0 Å². The third kappa shape index (κ3) is 65.3. The van der Waals surface area contributed by atoms with Crippen LogP contribution in [0.25, 0.3) is 0 Å². The van der Waals surface area contributed by atoms with E-state index in [-0.39, 0.29) is 31.1 Å². The zero-order valence-electron chi connectivity index (χ0n) is 52.4. The molecule has 0 saturated heterocycles. The number of hydrogen-bond acceptors (Lipinski definition) is 6. The van der Waals surface area contributed by atoms with Crippen molar-refractivity contribution >= 4 is 17.9 Å². The van der Waals surface area contributed by atoms with Crippen molar-refractivity contribution in [3.63, 3.8) is 0 Å². The van der Waals surface area contributed by atoms with Gasteiger partial charge in [0.05, 0.1) is 0 Å². The molecule has 0 aliphatic rings. The quantitative estimate of drug-likeness (QED) is 0.0261. The summed E-state index contributed by atoms with van der Waals surface area (Å²) >= 11 is 0. The third-order valence-electron chi connectivity index (χ3n) is 14.9. The molecule has 0 aliphatic heterocycles. The Morgan fingerprint density at radius 3 is 0.785 bits per heavy atom. The number of allylic oxidation sites excluding steroid dienone is 14. The average Bonchev–Trinajstić information content (AvgIpc) is 3.45. The van der Waals surface area contributed by atoms with Crippen LogP contribution in [-0.4, -0.2) is 37.2 Å². The monoisotopic (exact) mass is 1100 g/mol. The molecule has 0 aromatic carbocycles. The molecule has 0 N–H and O–H groups in total. The molecule has 456 valence electrons. The largest absolute Gasteiger partial charge is 0.462 e. The Kier molecular flexibility index (Phi) is 64.2. The lowest BCUT2D eigenvalue weighted by atomic mass is 10.0. The van der Waals surface area contributed by atoms with E-state index in [1.807, 2.05) is 0 Å². The Bertz CT molecular complexity index is 1500. The molecule has 0 aliphatic carbocycles. The highest BCUT2D eigenvalue weighted by atomic mass is 16.6. The van der Waals surface area contributed by atoms with Crippen molar-refractivity contribution in [1.29, 1.82) is 0 Å². The van der Waals surface area contributed by atoms with Gasteiger partial charge in [-0.15, -0.1) is 0 Å². The minimum Gasteiger partial charge on any atom is -0.462 e. The summed E-state index contributed by atoms with van der Waals surface area (Å²) in [5, 5.41) is 0. The van der Waals surface area contributed by atoms with Gasteiger partial charge < -0.3 is 14.2 Å². The highest BCUT2D eigenvalue weighted by Crippen LogP contribution is 2.17. The van der Waals surface area contributed by atoms with Gasteiger partial charge in [0.25, 0.3) is 0 Å². The fraction of sp³-hybridized carbons (Fsp3) is 0.767. The van der Waals surface area contributed by atoms with Crippen molar-refractivity contribution in [1.82, 2.24) is 0 Å². The number of hydrogen-bond donors (Lipinski definition) is 0. The molecular formula is C73H128O6. The second kappa shape index (κ2) is 67.1. The molecule has 6 nitrogen and oxygen atoms in total. The minimum atomic E-state index is -0.791. The van der Waals surface area contributed by atoms with E-state index in [4.69, 9.17) is 14.2 Å². The number of carbonyl (C=O) groups excluding carboxylic acids is 3. The third-order valence-corrected chi connectivity index (χ3v) is 14.9. The van der Waals surface area contributed by atoms with Gasteiger partial charge in [0.15, 0.2) is 6.10 Å². The first-order valence-corrected chi connectivity index (χ1v) is 34.1. The van der Waals surface area contributed by atoms with Gasteiger partial charge in [0, 0.05) is 19.3 Å². The predicted octanol–water partition coefficient (Wildman–Crippen LogP) is 23.4. The molecule has 0 rings (SSSR count). The number of esters is 3. The summed E-state index contributed by atoms with van der Waals surface area (Å²) in [5.41, 5.74) is 0. The molecular weight excluding hydrogens is 973 g/mol. The van der Waals surface area contributed by atoms with Gasteiger partial charge >= 0.3 is 17.9 Å². The first kappa shape index (κ1) is 75.6. The first-order valence-electron chi connectivity index (χ1n) is 34.1. The molecule has 1 atom stereocenters. The van der Waals surface area contributed by atoms with Crippen LogP contribution in [0.4, 0.5) is 0 Å². The summed E-state index contributed by atoms with van der Waals surface area (Å²) in [6.07, 6.45) is 88.8. The van der Waals surface area contributed by atoms with Crippen LogP contribution in [0.1, 0.15) is 342 Å². The molecule has 0 aromatic rings. The summed E-state index contributed by atoms with van der Waals surface area (Å²) < 4.78 is 17.0. The maximum absolute atomic E-state index is 12.9. The van der Waals surface area contributed by atoms with Crippen molar-refractivity contribution in [2.24, 2.45) is 0 Å². The summed E-state index contributed by atoms with van der Waals surface area (Å²) in [7, 11) is 0. The Morgan fingerprint density at radius 1 is 0.266 bits per heavy atom. The smallest absolute Gasteiger partial charge is 0.306 e. The Morgan fingerprint density at radius 2 is 0.494 bits per heavy atom. The molecule has 0 bridgehead atoms. The lowest BCUT2D eigenvalue weighted by Gasteiger charge is -2.18. The average molecular weight is 1100 g/mol. The molecule has 0 aromatic heterocycles. The standard InChI is InChI=1S/C73H128O6/c1-4-7-10-13-16-19-22-25-28-31-33-35-36-38-39-42-45-48-51-54-57-60-63-66-72(75)78-69-70(68-77-71(74)65-62-59-56-53-50-47-44-41-30-27-24-21-18-15-12-9-6-3)79-73(76)67-64-61-58-55-52-49-46-43-40-37-34-32-29-26-23-20-17-14-11-8-5-2/h9,12,18,21-22,25,27,30-34,44,47,70H,4-8,10-11,13-17,19-20,23-24,26,28-29,35-43,45-46,48-69H2,1-3H3/b12-9-,21-18-,25-22-,30-27-,33-31-,34-32-,47-44-. The Hall–Kier alpha value is -3.41. The van der Waals surface area contributed by atoms with Gasteiger partial charge in [-0.2, -0.15) is 0 Å². The second-order valence-corrected chi connectivity index (χ2v) is 22.7. The van der Waals surface area contributed by atoms with Gasteiger partial charge in [-0.25, -0.2) is 0 Å². The van der Waals surface area contributed by atoms with Crippen LogP contribution in [0, 0.1) is 0 Å². The highest BCUT2D eigenvalue weighted by molar-refractivity contribution is 5.71. The molecule has 6 heteroatoms. The molecule has 0 fully saturated rings. The molecule has 1 unspecified atom stereocenters. The second-order valence-electron chi connectivity index (χ2n) is 22.7. The van der Waals surface area contributed by atoms with Crippen LogP contribution >= 0.6 is 0 Å². The molecule has 0 spiro atoms. The maximum atomic E-state index is 12.9. The SMILES string of the molecule is CC/C=C\C/C=C\C/C=C\C/C=C\CCCCCCC(=O)OCC(COC(=O)CCCCCCCCCCCCC/C=C\C/C=C\CCCCCCC)OC(=O)CCCCCCCCCCC/C=C\CCCCCCCCCC. The van der Waals surface area contributed by atoms with Crippen molar-refractivity contribution in [3.8, 4) is 0 Å². The van der Waals surface area contributed by atoms with E-state index >= 15 is 0 Å².